The number of rotatable bonds is 2. The van der Waals surface area contributed by atoms with E-state index in [4.69, 9.17) is 10.8 Å². The molecule has 1 aromatic carbocycles. The Kier molecular flexibility index (Phi) is 2.71. The molecule has 14 heavy (non-hydrogen) atoms. The van der Waals surface area contributed by atoms with Gasteiger partial charge in [0.1, 0.15) is 5.75 Å². The first kappa shape index (κ1) is 10.0. The minimum atomic E-state index is -1.02. The van der Waals surface area contributed by atoms with Crippen LogP contribution in [-0.2, 0) is 0 Å². The highest BCUT2D eigenvalue weighted by molar-refractivity contribution is 5.89. The Bertz CT molecular complexity index is 386. The van der Waals surface area contributed by atoms with Gasteiger partial charge in [0.2, 0.25) is 0 Å². The number of amides is 1. The van der Waals surface area contributed by atoms with Crippen molar-refractivity contribution >= 4 is 12.1 Å². The molecule has 0 spiro atoms. The molecule has 1 rings (SSSR count). The van der Waals surface area contributed by atoms with Crippen LogP contribution < -0.4 is 10.5 Å². The average molecular weight is 195 g/mol. The fraction of sp³-hybridized carbons (Fsp3) is 0.111. The summed E-state index contributed by atoms with van der Waals surface area (Å²) < 4.78 is 4.58. The molecule has 1 aromatic rings. The third-order valence-electron chi connectivity index (χ3n) is 1.65. The molecule has 0 aromatic heterocycles. The monoisotopic (exact) mass is 195 g/mol. The lowest BCUT2D eigenvalue weighted by molar-refractivity contribution is 0.0696. The summed E-state index contributed by atoms with van der Waals surface area (Å²) in [7, 11) is 0. The number of hydrogen-bond donors (Lipinski definition) is 2. The van der Waals surface area contributed by atoms with Gasteiger partial charge < -0.3 is 15.6 Å². The Hall–Kier alpha value is -2.04. The van der Waals surface area contributed by atoms with Crippen molar-refractivity contribution in [1.82, 2.24) is 0 Å². The number of hydrogen-bond acceptors (Lipinski definition) is 3. The second kappa shape index (κ2) is 3.78. The molecular formula is C9H9NO4. The van der Waals surface area contributed by atoms with Crippen molar-refractivity contribution in [1.29, 1.82) is 0 Å². The summed E-state index contributed by atoms with van der Waals surface area (Å²) in [5, 5.41) is 8.71. The number of benzene rings is 1. The highest BCUT2D eigenvalue weighted by atomic mass is 16.5. The summed E-state index contributed by atoms with van der Waals surface area (Å²) in [6.07, 6.45) is -0.924. The van der Waals surface area contributed by atoms with E-state index in [9.17, 15) is 9.59 Å². The highest BCUT2D eigenvalue weighted by Gasteiger charge is 2.08. The maximum atomic E-state index is 10.6. The van der Waals surface area contributed by atoms with Gasteiger partial charge in [0, 0.05) is 0 Å². The topological polar surface area (TPSA) is 89.6 Å². The molecule has 0 atom stereocenters. The molecule has 3 N–H and O–H groups in total. The predicted molar refractivity (Wildman–Crippen MR) is 48.3 cm³/mol. The number of ether oxygens (including phenoxy) is 1. The molecule has 0 heterocycles. The minimum absolute atomic E-state index is 0.168. The minimum Gasteiger partial charge on any atom is -0.478 e. The van der Waals surface area contributed by atoms with Gasteiger partial charge in [-0.25, -0.2) is 9.59 Å². The standard InChI is InChI=1S/C9H9NO4/c1-5-4-6(14-9(10)13)2-3-7(5)8(11)12/h2-4H,1H3,(H2,10,13)(H,11,12). The van der Waals surface area contributed by atoms with E-state index in [0.29, 0.717) is 5.56 Å². The van der Waals surface area contributed by atoms with Crippen LogP contribution in [0, 0.1) is 6.92 Å². The van der Waals surface area contributed by atoms with E-state index in [0.717, 1.165) is 0 Å². The Morgan fingerprint density at radius 3 is 2.50 bits per heavy atom. The van der Waals surface area contributed by atoms with Gasteiger partial charge in [0.25, 0.3) is 0 Å². The van der Waals surface area contributed by atoms with Gasteiger partial charge in [-0.1, -0.05) is 0 Å². The first-order valence-corrected chi connectivity index (χ1v) is 3.82. The van der Waals surface area contributed by atoms with Crippen LogP contribution in [0.3, 0.4) is 0 Å². The van der Waals surface area contributed by atoms with Crippen molar-refractivity contribution in [2.24, 2.45) is 5.73 Å². The molecule has 5 nitrogen and oxygen atoms in total. The molecule has 0 unspecified atom stereocenters. The number of carbonyl (C=O) groups excluding carboxylic acids is 1. The van der Waals surface area contributed by atoms with Crippen LogP contribution in [0.4, 0.5) is 4.79 Å². The summed E-state index contributed by atoms with van der Waals surface area (Å²) in [6, 6.07) is 4.17. The number of carbonyl (C=O) groups is 2. The van der Waals surface area contributed by atoms with Crippen molar-refractivity contribution in [3.63, 3.8) is 0 Å². The molecule has 0 aliphatic carbocycles. The van der Waals surface area contributed by atoms with Gasteiger partial charge in [-0.15, -0.1) is 0 Å². The number of aryl methyl sites for hydroxylation is 1. The van der Waals surface area contributed by atoms with Crippen molar-refractivity contribution < 1.29 is 19.4 Å². The second-order valence-corrected chi connectivity index (χ2v) is 2.70. The van der Waals surface area contributed by atoms with E-state index in [1.165, 1.54) is 18.2 Å². The fourth-order valence-electron chi connectivity index (χ4n) is 1.06. The Morgan fingerprint density at radius 1 is 1.43 bits per heavy atom. The second-order valence-electron chi connectivity index (χ2n) is 2.70. The lowest BCUT2D eigenvalue weighted by Gasteiger charge is -2.04. The van der Waals surface area contributed by atoms with E-state index in [2.05, 4.69) is 4.74 Å². The number of carboxylic acids is 1. The molecule has 1 amide bonds. The van der Waals surface area contributed by atoms with Gasteiger partial charge in [0.15, 0.2) is 0 Å². The Labute approximate surface area is 80.1 Å². The van der Waals surface area contributed by atoms with Crippen molar-refractivity contribution in [3.05, 3.63) is 29.3 Å². The molecule has 0 saturated heterocycles. The molecule has 74 valence electrons. The fourth-order valence-corrected chi connectivity index (χ4v) is 1.06. The van der Waals surface area contributed by atoms with E-state index in [1.54, 1.807) is 6.92 Å². The lowest BCUT2D eigenvalue weighted by atomic mass is 10.1. The van der Waals surface area contributed by atoms with Gasteiger partial charge >= 0.3 is 12.1 Å². The van der Waals surface area contributed by atoms with Crippen LogP contribution in [0.25, 0.3) is 0 Å². The van der Waals surface area contributed by atoms with Crippen LogP contribution in [0.2, 0.25) is 0 Å². The smallest absolute Gasteiger partial charge is 0.409 e. The van der Waals surface area contributed by atoms with Gasteiger partial charge in [-0.05, 0) is 30.7 Å². The van der Waals surface area contributed by atoms with Crippen LogP contribution in [0.1, 0.15) is 15.9 Å². The number of primary amides is 1. The Morgan fingerprint density at radius 2 is 2.07 bits per heavy atom. The molecular weight excluding hydrogens is 186 g/mol. The zero-order valence-corrected chi connectivity index (χ0v) is 7.48. The summed E-state index contributed by atoms with van der Waals surface area (Å²) >= 11 is 0. The third kappa shape index (κ3) is 2.22. The Balaban J connectivity index is 3.00. The van der Waals surface area contributed by atoms with Gasteiger partial charge in [0.05, 0.1) is 5.56 Å². The zero-order chi connectivity index (χ0) is 10.7. The summed E-state index contributed by atoms with van der Waals surface area (Å²) in [5.41, 5.74) is 5.47. The summed E-state index contributed by atoms with van der Waals surface area (Å²) in [4.78, 5) is 21.0. The molecule has 0 fully saturated rings. The molecule has 0 saturated carbocycles. The predicted octanol–water partition coefficient (Wildman–Crippen LogP) is 1.15. The first-order valence-electron chi connectivity index (χ1n) is 3.82. The van der Waals surface area contributed by atoms with Crippen LogP contribution >= 0.6 is 0 Å². The van der Waals surface area contributed by atoms with Crippen molar-refractivity contribution in [2.75, 3.05) is 0 Å². The van der Waals surface area contributed by atoms with Crippen molar-refractivity contribution in [2.45, 2.75) is 6.92 Å². The average Bonchev–Trinajstić information content (AvgIpc) is 2.01. The van der Waals surface area contributed by atoms with E-state index in [-0.39, 0.29) is 11.3 Å². The summed E-state index contributed by atoms with van der Waals surface area (Å²) in [5.74, 6) is -0.784. The molecule has 0 aliphatic rings. The maximum Gasteiger partial charge on any atom is 0.409 e. The lowest BCUT2D eigenvalue weighted by Crippen LogP contribution is -2.16. The quantitative estimate of drug-likeness (QED) is 0.740. The highest BCUT2D eigenvalue weighted by Crippen LogP contribution is 2.17. The summed E-state index contributed by atoms with van der Waals surface area (Å²) in [6.45, 7) is 1.61. The van der Waals surface area contributed by atoms with Gasteiger partial charge in [-0.2, -0.15) is 0 Å². The van der Waals surface area contributed by atoms with E-state index in [1.807, 2.05) is 0 Å². The SMILES string of the molecule is Cc1cc(OC(N)=O)ccc1C(=O)O. The maximum absolute atomic E-state index is 10.6. The normalized spacial score (nSPS) is 9.50. The molecule has 0 aliphatic heterocycles. The third-order valence-corrected chi connectivity index (χ3v) is 1.65. The first-order chi connectivity index (χ1) is 6.50. The van der Waals surface area contributed by atoms with Crippen LogP contribution in [-0.4, -0.2) is 17.2 Å². The van der Waals surface area contributed by atoms with E-state index < -0.39 is 12.1 Å². The largest absolute Gasteiger partial charge is 0.478 e. The number of nitrogens with two attached hydrogens (primary N) is 1. The van der Waals surface area contributed by atoms with E-state index >= 15 is 0 Å². The van der Waals surface area contributed by atoms with Crippen LogP contribution in [0.5, 0.6) is 5.75 Å². The number of carboxylic acid groups (broad SMARTS) is 1. The van der Waals surface area contributed by atoms with Gasteiger partial charge in [-0.3, -0.25) is 0 Å². The zero-order valence-electron chi connectivity index (χ0n) is 7.48. The molecule has 0 bridgehead atoms. The number of aromatic carboxylic acids is 1. The molecule has 5 heteroatoms. The molecule has 0 radical (unpaired) electrons. The van der Waals surface area contributed by atoms with Crippen LogP contribution in [0.15, 0.2) is 18.2 Å². The van der Waals surface area contributed by atoms with Crippen molar-refractivity contribution in [3.8, 4) is 5.75 Å².